The van der Waals surface area contributed by atoms with Crippen molar-refractivity contribution in [2.45, 2.75) is 65.0 Å². The standard InChI is InChI=1S/C14H26N2O3/c1-4-19-13(17)12(10(2)3)16-14(18)15-11-8-6-5-7-9-11/h10-12H,4-9H2,1-3H3,(H2,15,16,18). The van der Waals surface area contributed by atoms with Crippen LogP contribution in [0.3, 0.4) is 0 Å². The minimum atomic E-state index is -0.580. The Balaban J connectivity index is 2.44. The summed E-state index contributed by atoms with van der Waals surface area (Å²) in [7, 11) is 0. The van der Waals surface area contributed by atoms with Crippen LogP contribution in [-0.2, 0) is 9.53 Å². The highest BCUT2D eigenvalue weighted by Crippen LogP contribution is 2.17. The minimum absolute atomic E-state index is 0.0103. The summed E-state index contributed by atoms with van der Waals surface area (Å²) in [4.78, 5) is 23.7. The first-order valence-electron chi connectivity index (χ1n) is 7.28. The predicted octanol–water partition coefficient (Wildman–Crippen LogP) is 2.21. The highest BCUT2D eigenvalue weighted by Gasteiger charge is 2.26. The van der Waals surface area contributed by atoms with Crippen LogP contribution < -0.4 is 10.6 Å². The molecule has 0 aromatic heterocycles. The van der Waals surface area contributed by atoms with Gasteiger partial charge >= 0.3 is 12.0 Å². The van der Waals surface area contributed by atoms with E-state index in [4.69, 9.17) is 4.74 Å². The maximum atomic E-state index is 11.9. The number of carbonyl (C=O) groups excluding carboxylic acids is 2. The lowest BCUT2D eigenvalue weighted by molar-refractivity contribution is -0.146. The Hall–Kier alpha value is -1.26. The van der Waals surface area contributed by atoms with Crippen molar-refractivity contribution in [3.05, 3.63) is 0 Å². The molecule has 5 heteroatoms. The third-order valence-corrected chi connectivity index (χ3v) is 3.43. The fourth-order valence-electron chi connectivity index (χ4n) is 2.35. The zero-order valence-corrected chi connectivity index (χ0v) is 12.2. The zero-order valence-electron chi connectivity index (χ0n) is 12.2. The number of amides is 2. The van der Waals surface area contributed by atoms with Gasteiger partial charge in [0.1, 0.15) is 6.04 Å². The van der Waals surface area contributed by atoms with Crippen LogP contribution in [0.1, 0.15) is 52.9 Å². The molecule has 0 bridgehead atoms. The van der Waals surface area contributed by atoms with E-state index in [9.17, 15) is 9.59 Å². The Morgan fingerprint density at radius 3 is 2.37 bits per heavy atom. The molecule has 1 atom stereocenters. The number of rotatable bonds is 5. The fraction of sp³-hybridized carbons (Fsp3) is 0.857. The number of urea groups is 1. The normalized spacial score (nSPS) is 17.9. The minimum Gasteiger partial charge on any atom is -0.464 e. The summed E-state index contributed by atoms with van der Waals surface area (Å²) in [5, 5.41) is 5.67. The average molecular weight is 270 g/mol. The second-order valence-electron chi connectivity index (χ2n) is 5.43. The van der Waals surface area contributed by atoms with E-state index in [1.54, 1.807) is 6.92 Å². The second kappa shape index (κ2) is 8.02. The molecular weight excluding hydrogens is 244 g/mol. The van der Waals surface area contributed by atoms with Crippen molar-refractivity contribution in [3.63, 3.8) is 0 Å². The molecule has 2 N–H and O–H groups in total. The topological polar surface area (TPSA) is 67.4 Å². The van der Waals surface area contributed by atoms with Crippen LogP contribution in [0.15, 0.2) is 0 Å². The van der Waals surface area contributed by atoms with E-state index in [2.05, 4.69) is 10.6 Å². The number of nitrogens with one attached hydrogen (secondary N) is 2. The van der Waals surface area contributed by atoms with Crippen molar-refractivity contribution < 1.29 is 14.3 Å². The zero-order chi connectivity index (χ0) is 14.3. The summed E-state index contributed by atoms with van der Waals surface area (Å²) >= 11 is 0. The molecule has 0 aromatic carbocycles. The lowest BCUT2D eigenvalue weighted by atomic mass is 9.96. The largest absolute Gasteiger partial charge is 0.464 e. The van der Waals surface area contributed by atoms with Crippen molar-refractivity contribution >= 4 is 12.0 Å². The molecule has 2 amide bonds. The van der Waals surface area contributed by atoms with Crippen LogP contribution in [0.25, 0.3) is 0 Å². The van der Waals surface area contributed by atoms with Gasteiger partial charge in [-0.2, -0.15) is 0 Å². The van der Waals surface area contributed by atoms with Crippen molar-refractivity contribution in [3.8, 4) is 0 Å². The lowest BCUT2D eigenvalue weighted by Crippen LogP contribution is -2.51. The van der Waals surface area contributed by atoms with Crippen LogP contribution >= 0.6 is 0 Å². The quantitative estimate of drug-likeness (QED) is 0.753. The Kier molecular flexibility index (Phi) is 6.67. The van der Waals surface area contributed by atoms with Gasteiger partial charge in [0.05, 0.1) is 6.61 Å². The average Bonchev–Trinajstić information content (AvgIpc) is 2.37. The molecule has 1 unspecified atom stereocenters. The summed E-state index contributed by atoms with van der Waals surface area (Å²) in [5.41, 5.74) is 0. The highest BCUT2D eigenvalue weighted by molar-refractivity contribution is 5.83. The number of carbonyl (C=O) groups is 2. The number of esters is 1. The third-order valence-electron chi connectivity index (χ3n) is 3.43. The van der Waals surface area contributed by atoms with Crippen LogP contribution in [0.5, 0.6) is 0 Å². The van der Waals surface area contributed by atoms with E-state index in [0.29, 0.717) is 6.61 Å². The van der Waals surface area contributed by atoms with Gasteiger partial charge in [0, 0.05) is 6.04 Å². The molecule has 1 rings (SSSR count). The van der Waals surface area contributed by atoms with Crippen LogP contribution in [-0.4, -0.2) is 30.7 Å². The summed E-state index contributed by atoms with van der Waals surface area (Å²) < 4.78 is 4.97. The summed E-state index contributed by atoms with van der Waals surface area (Å²) in [6, 6.07) is -0.606. The monoisotopic (exact) mass is 270 g/mol. The predicted molar refractivity (Wildman–Crippen MR) is 73.8 cm³/mol. The van der Waals surface area contributed by atoms with E-state index >= 15 is 0 Å². The van der Waals surface area contributed by atoms with E-state index in [-0.39, 0.29) is 24.0 Å². The molecule has 5 nitrogen and oxygen atoms in total. The maximum absolute atomic E-state index is 11.9. The Morgan fingerprint density at radius 1 is 1.21 bits per heavy atom. The van der Waals surface area contributed by atoms with Crippen molar-refractivity contribution in [1.82, 2.24) is 10.6 Å². The maximum Gasteiger partial charge on any atom is 0.328 e. The number of hydrogen-bond acceptors (Lipinski definition) is 3. The van der Waals surface area contributed by atoms with E-state index in [0.717, 1.165) is 25.7 Å². The molecule has 0 spiro atoms. The molecule has 0 aromatic rings. The molecule has 0 heterocycles. The molecule has 1 saturated carbocycles. The molecule has 0 radical (unpaired) electrons. The summed E-state index contributed by atoms with van der Waals surface area (Å²) in [6.07, 6.45) is 5.63. The molecule has 0 saturated heterocycles. The van der Waals surface area contributed by atoms with Gasteiger partial charge in [0.25, 0.3) is 0 Å². The van der Waals surface area contributed by atoms with Gasteiger partial charge in [-0.15, -0.1) is 0 Å². The van der Waals surface area contributed by atoms with Crippen molar-refractivity contribution in [2.75, 3.05) is 6.61 Å². The summed E-state index contributed by atoms with van der Waals surface area (Å²) in [6.45, 7) is 5.87. The van der Waals surface area contributed by atoms with Crippen LogP contribution in [0, 0.1) is 5.92 Å². The van der Waals surface area contributed by atoms with E-state index < -0.39 is 6.04 Å². The van der Waals surface area contributed by atoms with Gasteiger partial charge in [-0.25, -0.2) is 9.59 Å². The molecule has 1 aliphatic carbocycles. The smallest absolute Gasteiger partial charge is 0.328 e. The first kappa shape index (κ1) is 15.8. The molecule has 1 aliphatic rings. The van der Waals surface area contributed by atoms with Gasteiger partial charge in [0.15, 0.2) is 0 Å². The molecule has 19 heavy (non-hydrogen) atoms. The van der Waals surface area contributed by atoms with Gasteiger partial charge in [-0.3, -0.25) is 0 Å². The summed E-state index contributed by atoms with van der Waals surface area (Å²) in [5.74, 6) is -0.354. The molecule has 1 fully saturated rings. The third kappa shape index (κ3) is 5.49. The van der Waals surface area contributed by atoms with Gasteiger partial charge < -0.3 is 15.4 Å². The second-order valence-corrected chi connectivity index (χ2v) is 5.43. The van der Waals surface area contributed by atoms with Gasteiger partial charge in [0.2, 0.25) is 0 Å². The number of ether oxygens (including phenoxy) is 1. The molecule has 0 aliphatic heterocycles. The Bertz CT molecular complexity index is 299. The Morgan fingerprint density at radius 2 is 1.84 bits per heavy atom. The van der Waals surface area contributed by atoms with Gasteiger partial charge in [-0.05, 0) is 25.7 Å². The molecular formula is C14H26N2O3. The van der Waals surface area contributed by atoms with E-state index in [1.165, 1.54) is 6.42 Å². The number of hydrogen-bond donors (Lipinski definition) is 2. The van der Waals surface area contributed by atoms with Crippen LogP contribution in [0.4, 0.5) is 4.79 Å². The van der Waals surface area contributed by atoms with Crippen molar-refractivity contribution in [2.24, 2.45) is 5.92 Å². The van der Waals surface area contributed by atoms with Crippen LogP contribution in [0.2, 0.25) is 0 Å². The van der Waals surface area contributed by atoms with E-state index in [1.807, 2.05) is 13.8 Å². The highest BCUT2D eigenvalue weighted by atomic mass is 16.5. The Labute approximate surface area is 115 Å². The first-order valence-corrected chi connectivity index (χ1v) is 7.28. The fourth-order valence-corrected chi connectivity index (χ4v) is 2.35. The van der Waals surface area contributed by atoms with Gasteiger partial charge in [-0.1, -0.05) is 33.1 Å². The first-order chi connectivity index (χ1) is 9.04. The molecule has 110 valence electrons. The SMILES string of the molecule is CCOC(=O)C(NC(=O)NC1CCCCC1)C(C)C. The lowest BCUT2D eigenvalue weighted by Gasteiger charge is -2.25. The van der Waals surface area contributed by atoms with Crippen molar-refractivity contribution in [1.29, 1.82) is 0 Å².